The van der Waals surface area contributed by atoms with E-state index in [1.807, 2.05) is 19.1 Å². The van der Waals surface area contributed by atoms with Gasteiger partial charge in [-0.25, -0.2) is 0 Å². The Morgan fingerprint density at radius 1 is 1.32 bits per heavy atom. The quantitative estimate of drug-likeness (QED) is 0.770. The molecule has 0 spiro atoms. The molecule has 2 nitrogen and oxygen atoms in total. The Kier molecular flexibility index (Phi) is 5.00. The van der Waals surface area contributed by atoms with Crippen LogP contribution < -0.4 is 4.74 Å². The molecule has 0 aromatic heterocycles. The van der Waals surface area contributed by atoms with Crippen LogP contribution >= 0.6 is 0 Å². The van der Waals surface area contributed by atoms with E-state index < -0.39 is 0 Å². The maximum atomic E-state index is 12.1. The first-order chi connectivity index (χ1) is 9.19. The topological polar surface area (TPSA) is 26.3 Å². The number of hydrogen-bond donors (Lipinski definition) is 0. The van der Waals surface area contributed by atoms with Crippen LogP contribution in [0, 0.1) is 12.8 Å². The van der Waals surface area contributed by atoms with E-state index in [2.05, 4.69) is 6.07 Å². The van der Waals surface area contributed by atoms with Gasteiger partial charge in [-0.1, -0.05) is 43.4 Å². The van der Waals surface area contributed by atoms with Crippen LogP contribution in [0.4, 0.5) is 0 Å². The molecule has 19 heavy (non-hydrogen) atoms. The molecule has 104 valence electrons. The van der Waals surface area contributed by atoms with Crippen molar-refractivity contribution in [2.75, 3.05) is 7.11 Å². The second-order valence-corrected chi connectivity index (χ2v) is 5.72. The zero-order valence-electron chi connectivity index (χ0n) is 12.1. The monoisotopic (exact) mass is 260 g/mol. The van der Waals surface area contributed by atoms with E-state index in [1.54, 1.807) is 7.11 Å². The summed E-state index contributed by atoms with van der Waals surface area (Å²) in [5.41, 5.74) is 2.21. The molecule has 1 aromatic rings. The number of methoxy groups -OCH3 is 1. The summed E-state index contributed by atoms with van der Waals surface area (Å²) in [4.78, 5) is 12.1. The predicted molar refractivity (Wildman–Crippen MR) is 77.6 cm³/mol. The van der Waals surface area contributed by atoms with Gasteiger partial charge in [-0.15, -0.1) is 0 Å². The fraction of sp³-hybridized carbons (Fsp3) is 0.588. The van der Waals surface area contributed by atoms with Gasteiger partial charge in [0.25, 0.3) is 0 Å². The van der Waals surface area contributed by atoms with Crippen molar-refractivity contribution in [2.45, 2.75) is 51.9 Å². The van der Waals surface area contributed by atoms with E-state index in [4.69, 9.17) is 4.74 Å². The summed E-state index contributed by atoms with van der Waals surface area (Å²) in [6.45, 7) is 2.05. The lowest BCUT2D eigenvalue weighted by atomic mass is 9.97. The van der Waals surface area contributed by atoms with Gasteiger partial charge in [0.15, 0.2) is 0 Å². The Hall–Kier alpha value is -1.31. The molecular weight excluding hydrogens is 236 g/mol. The fourth-order valence-electron chi connectivity index (χ4n) is 3.01. The molecule has 0 amide bonds. The number of Topliss-reactive ketones (excluding diaryl/α,β-unsaturated/α-hetero) is 1. The highest BCUT2D eigenvalue weighted by atomic mass is 16.5. The second kappa shape index (κ2) is 6.74. The molecule has 1 aliphatic rings. The van der Waals surface area contributed by atoms with Crippen LogP contribution in [0.15, 0.2) is 18.2 Å². The Bertz CT molecular complexity index is 431. The molecule has 0 saturated heterocycles. The first kappa shape index (κ1) is 14.1. The van der Waals surface area contributed by atoms with Crippen molar-refractivity contribution >= 4 is 5.78 Å². The molecule has 1 fully saturated rings. The maximum Gasteiger partial charge on any atom is 0.137 e. The van der Waals surface area contributed by atoms with Crippen molar-refractivity contribution in [1.29, 1.82) is 0 Å². The summed E-state index contributed by atoms with van der Waals surface area (Å²) in [5.74, 6) is 1.97. The zero-order chi connectivity index (χ0) is 13.7. The first-order valence-corrected chi connectivity index (χ1v) is 7.34. The molecule has 0 unspecified atom stereocenters. The van der Waals surface area contributed by atoms with Crippen molar-refractivity contribution in [3.8, 4) is 5.75 Å². The zero-order valence-corrected chi connectivity index (χ0v) is 12.1. The number of ketones is 1. The van der Waals surface area contributed by atoms with E-state index in [9.17, 15) is 4.79 Å². The van der Waals surface area contributed by atoms with E-state index >= 15 is 0 Å². The Morgan fingerprint density at radius 2 is 2.05 bits per heavy atom. The predicted octanol–water partition coefficient (Wildman–Crippen LogP) is 4.09. The minimum Gasteiger partial charge on any atom is -0.496 e. The summed E-state index contributed by atoms with van der Waals surface area (Å²) in [6, 6.07) is 6.03. The van der Waals surface area contributed by atoms with Crippen LogP contribution in [0.1, 0.15) is 49.7 Å². The molecule has 0 N–H and O–H groups in total. The van der Waals surface area contributed by atoms with Gasteiger partial charge in [-0.3, -0.25) is 4.79 Å². The molecule has 2 heteroatoms. The Morgan fingerprint density at radius 3 is 2.74 bits per heavy atom. The van der Waals surface area contributed by atoms with Crippen LogP contribution in [0.2, 0.25) is 0 Å². The van der Waals surface area contributed by atoms with Gasteiger partial charge in [0.2, 0.25) is 0 Å². The summed E-state index contributed by atoms with van der Waals surface area (Å²) < 4.78 is 5.33. The molecule has 0 atom stereocenters. The number of aryl methyl sites for hydroxylation is 1. The van der Waals surface area contributed by atoms with Gasteiger partial charge in [-0.05, 0) is 25.3 Å². The third-order valence-corrected chi connectivity index (χ3v) is 4.13. The van der Waals surface area contributed by atoms with Gasteiger partial charge >= 0.3 is 0 Å². The van der Waals surface area contributed by atoms with Crippen LogP contribution in [0.25, 0.3) is 0 Å². The summed E-state index contributed by atoms with van der Waals surface area (Å²) in [6.07, 6.45) is 7.66. The standard InChI is InChI=1S/C17H24O2/c1-13-7-10-17(19-2)15(11-13)12-16(18)9-8-14-5-3-4-6-14/h7,10-11,14H,3-6,8-9,12H2,1-2H3. The van der Waals surface area contributed by atoms with Crippen LogP contribution in [-0.2, 0) is 11.2 Å². The number of ether oxygens (including phenoxy) is 1. The smallest absolute Gasteiger partial charge is 0.137 e. The molecule has 1 saturated carbocycles. The minimum atomic E-state index is 0.343. The molecular formula is C17H24O2. The highest BCUT2D eigenvalue weighted by Crippen LogP contribution is 2.29. The second-order valence-electron chi connectivity index (χ2n) is 5.72. The maximum absolute atomic E-state index is 12.1. The number of carbonyl (C=O) groups excluding carboxylic acids is 1. The Labute approximate surface area is 116 Å². The summed E-state index contributed by atoms with van der Waals surface area (Å²) in [7, 11) is 1.66. The minimum absolute atomic E-state index is 0.343. The third-order valence-electron chi connectivity index (χ3n) is 4.13. The number of hydrogen-bond acceptors (Lipinski definition) is 2. The van der Waals surface area contributed by atoms with Crippen molar-refractivity contribution in [3.63, 3.8) is 0 Å². The van der Waals surface area contributed by atoms with E-state index in [0.29, 0.717) is 12.2 Å². The van der Waals surface area contributed by atoms with Crippen molar-refractivity contribution < 1.29 is 9.53 Å². The summed E-state index contributed by atoms with van der Waals surface area (Å²) >= 11 is 0. The van der Waals surface area contributed by atoms with E-state index in [0.717, 1.165) is 30.1 Å². The van der Waals surface area contributed by atoms with Gasteiger partial charge in [0.1, 0.15) is 11.5 Å². The molecule has 0 aliphatic heterocycles. The van der Waals surface area contributed by atoms with Gasteiger partial charge < -0.3 is 4.74 Å². The van der Waals surface area contributed by atoms with E-state index in [-0.39, 0.29) is 0 Å². The normalized spacial score (nSPS) is 15.7. The van der Waals surface area contributed by atoms with Crippen LogP contribution in [0.3, 0.4) is 0 Å². The molecule has 0 heterocycles. The van der Waals surface area contributed by atoms with Crippen molar-refractivity contribution in [1.82, 2.24) is 0 Å². The lowest BCUT2D eigenvalue weighted by molar-refractivity contribution is -0.118. The van der Waals surface area contributed by atoms with Crippen molar-refractivity contribution in [3.05, 3.63) is 29.3 Å². The average Bonchev–Trinajstić information content (AvgIpc) is 2.90. The largest absolute Gasteiger partial charge is 0.496 e. The van der Waals surface area contributed by atoms with Gasteiger partial charge in [-0.2, -0.15) is 0 Å². The molecule has 1 aromatic carbocycles. The Balaban J connectivity index is 1.88. The molecule has 1 aliphatic carbocycles. The first-order valence-electron chi connectivity index (χ1n) is 7.34. The van der Waals surface area contributed by atoms with Crippen LogP contribution in [0.5, 0.6) is 5.75 Å². The molecule has 0 radical (unpaired) electrons. The average molecular weight is 260 g/mol. The number of benzene rings is 1. The molecule has 2 rings (SSSR count). The van der Waals surface area contributed by atoms with Crippen molar-refractivity contribution in [2.24, 2.45) is 5.92 Å². The highest BCUT2D eigenvalue weighted by molar-refractivity contribution is 5.81. The third kappa shape index (κ3) is 4.09. The fourth-order valence-corrected chi connectivity index (χ4v) is 3.01. The van der Waals surface area contributed by atoms with E-state index in [1.165, 1.54) is 31.2 Å². The summed E-state index contributed by atoms with van der Waals surface area (Å²) in [5, 5.41) is 0. The number of rotatable bonds is 6. The lowest BCUT2D eigenvalue weighted by Gasteiger charge is -2.10. The lowest BCUT2D eigenvalue weighted by Crippen LogP contribution is -2.07. The van der Waals surface area contributed by atoms with Crippen LogP contribution in [-0.4, -0.2) is 12.9 Å². The number of carbonyl (C=O) groups is 1. The highest BCUT2D eigenvalue weighted by Gasteiger charge is 2.17. The van der Waals surface area contributed by atoms with Gasteiger partial charge in [0, 0.05) is 18.4 Å². The SMILES string of the molecule is COc1ccc(C)cc1CC(=O)CCC1CCCC1. The van der Waals surface area contributed by atoms with Gasteiger partial charge in [0.05, 0.1) is 7.11 Å². The molecule has 0 bridgehead atoms.